The fraction of sp³-hybridized carbons (Fsp3) is 0.353. The third kappa shape index (κ3) is 3.34. The lowest BCUT2D eigenvalue weighted by molar-refractivity contribution is 0.195. The molecule has 3 nitrogen and oxygen atoms in total. The van der Waals surface area contributed by atoms with E-state index in [2.05, 4.69) is 75.5 Å². The number of nitrogens with zero attached hydrogens (tertiary/aromatic N) is 2. The summed E-state index contributed by atoms with van der Waals surface area (Å²) in [6, 6.07) is 15.0. The van der Waals surface area contributed by atoms with Gasteiger partial charge < -0.3 is 5.32 Å². The van der Waals surface area contributed by atoms with E-state index < -0.39 is 0 Å². The van der Waals surface area contributed by atoms with Gasteiger partial charge in [0.05, 0.1) is 11.7 Å². The summed E-state index contributed by atoms with van der Waals surface area (Å²) in [5.41, 5.74) is 3.49. The molecule has 2 aromatic rings. The third-order valence-electron chi connectivity index (χ3n) is 3.91. The van der Waals surface area contributed by atoms with E-state index >= 15 is 0 Å². The lowest BCUT2D eigenvalue weighted by Gasteiger charge is -2.35. The smallest absolute Gasteiger partial charge is 0.0788 e. The fourth-order valence-corrected chi connectivity index (χ4v) is 3.40. The molecule has 0 bridgehead atoms. The maximum Gasteiger partial charge on any atom is 0.0788 e. The van der Waals surface area contributed by atoms with Gasteiger partial charge in [-0.25, -0.2) is 0 Å². The summed E-state index contributed by atoms with van der Waals surface area (Å²) in [7, 11) is 0. The highest BCUT2D eigenvalue weighted by Gasteiger charge is 2.26. The molecule has 0 saturated carbocycles. The molecule has 4 heteroatoms. The molecule has 0 aliphatic carbocycles. The second-order valence-electron chi connectivity index (χ2n) is 5.41. The first kappa shape index (κ1) is 14.7. The van der Waals surface area contributed by atoms with Crippen molar-refractivity contribution in [3.63, 3.8) is 0 Å². The van der Waals surface area contributed by atoms with Gasteiger partial charge in [0.2, 0.25) is 0 Å². The van der Waals surface area contributed by atoms with Crippen molar-refractivity contribution < 1.29 is 0 Å². The maximum absolute atomic E-state index is 4.78. The van der Waals surface area contributed by atoms with E-state index in [-0.39, 0.29) is 6.04 Å². The average Bonchev–Trinajstić information content (AvgIpc) is 2.51. The van der Waals surface area contributed by atoms with E-state index in [1.807, 2.05) is 0 Å². The van der Waals surface area contributed by atoms with Gasteiger partial charge in [-0.1, -0.05) is 40.2 Å². The Labute approximate surface area is 134 Å². The molecule has 1 aromatic heterocycles. The Hall–Kier alpha value is -1.23. The van der Waals surface area contributed by atoms with Crippen LogP contribution in [0.1, 0.15) is 23.0 Å². The molecule has 1 fully saturated rings. The summed E-state index contributed by atoms with van der Waals surface area (Å²) in [5, 5.41) is 3.42. The predicted molar refractivity (Wildman–Crippen MR) is 89.4 cm³/mol. The van der Waals surface area contributed by atoms with Crippen LogP contribution in [0.5, 0.6) is 0 Å². The van der Waals surface area contributed by atoms with Crippen LogP contribution in [0.3, 0.4) is 0 Å². The van der Waals surface area contributed by atoms with E-state index in [1.54, 1.807) is 0 Å². The Kier molecular flexibility index (Phi) is 4.68. The number of nitrogens with one attached hydrogen (secondary N) is 1. The molecule has 110 valence electrons. The first-order valence-electron chi connectivity index (χ1n) is 7.38. The van der Waals surface area contributed by atoms with Crippen LogP contribution < -0.4 is 5.32 Å². The predicted octanol–water partition coefficient (Wildman–Crippen LogP) is 3.15. The minimum absolute atomic E-state index is 0.211. The second-order valence-corrected chi connectivity index (χ2v) is 6.27. The summed E-state index contributed by atoms with van der Waals surface area (Å²) in [6.45, 7) is 6.21. The molecule has 1 unspecified atom stereocenters. The van der Waals surface area contributed by atoms with E-state index in [0.29, 0.717) is 0 Å². The van der Waals surface area contributed by atoms with Crippen molar-refractivity contribution in [3.8, 4) is 0 Å². The van der Waals surface area contributed by atoms with E-state index in [1.165, 1.54) is 5.56 Å². The monoisotopic (exact) mass is 345 g/mol. The average molecular weight is 346 g/mol. The van der Waals surface area contributed by atoms with E-state index in [0.717, 1.165) is 42.0 Å². The number of halogens is 1. The van der Waals surface area contributed by atoms with E-state index in [9.17, 15) is 0 Å². The first-order valence-corrected chi connectivity index (χ1v) is 8.18. The van der Waals surface area contributed by atoms with Crippen molar-refractivity contribution in [1.82, 2.24) is 15.2 Å². The van der Waals surface area contributed by atoms with Gasteiger partial charge in [-0.15, -0.1) is 0 Å². The van der Waals surface area contributed by atoms with Crippen molar-refractivity contribution in [2.45, 2.75) is 13.0 Å². The highest BCUT2D eigenvalue weighted by Crippen LogP contribution is 2.32. The van der Waals surface area contributed by atoms with E-state index in [4.69, 9.17) is 4.98 Å². The van der Waals surface area contributed by atoms with Crippen molar-refractivity contribution >= 4 is 15.9 Å². The number of piperazine rings is 1. The zero-order chi connectivity index (χ0) is 14.7. The van der Waals surface area contributed by atoms with Gasteiger partial charge in [-0.3, -0.25) is 9.88 Å². The number of hydrogen-bond acceptors (Lipinski definition) is 3. The molecule has 21 heavy (non-hydrogen) atoms. The lowest BCUT2D eigenvalue weighted by atomic mass is 10.0. The fourth-order valence-electron chi connectivity index (χ4n) is 2.90. The Morgan fingerprint density at radius 3 is 2.57 bits per heavy atom. The normalized spacial score (nSPS) is 17.6. The molecule has 1 aliphatic rings. The summed E-state index contributed by atoms with van der Waals surface area (Å²) in [5.74, 6) is 0. The number of aromatic nitrogens is 1. The van der Waals surface area contributed by atoms with Gasteiger partial charge in [0.1, 0.15) is 0 Å². The van der Waals surface area contributed by atoms with Gasteiger partial charge >= 0.3 is 0 Å². The van der Waals surface area contributed by atoms with Crippen LogP contribution in [-0.2, 0) is 0 Å². The van der Waals surface area contributed by atoms with Gasteiger partial charge in [0.15, 0.2) is 0 Å². The topological polar surface area (TPSA) is 28.2 Å². The molecule has 2 heterocycles. The molecule has 3 rings (SSSR count). The zero-order valence-corrected chi connectivity index (χ0v) is 13.8. The summed E-state index contributed by atoms with van der Waals surface area (Å²) < 4.78 is 1.15. The van der Waals surface area contributed by atoms with Gasteiger partial charge in [0, 0.05) is 36.3 Å². The molecule has 1 saturated heterocycles. The second kappa shape index (κ2) is 6.69. The van der Waals surface area contributed by atoms with Crippen molar-refractivity contribution in [3.05, 3.63) is 63.9 Å². The molecule has 0 amide bonds. The SMILES string of the molecule is Cc1cccc(C(c2ccccc2Br)N2CCNCC2)n1. The van der Waals surface area contributed by atoms with Crippen molar-refractivity contribution in [1.29, 1.82) is 0 Å². The Bertz CT molecular complexity index is 608. The molecule has 1 atom stereocenters. The van der Waals surface area contributed by atoms with Crippen molar-refractivity contribution in [2.24, 2.45) is 0 Å². The van der Waals surface area contributed by atoms with Crippen LogP contribution in [-0.4, -0.2) is 36.1 Å². The van der Waals surface area contributed by atoms with Crippen LogP contribution in [0.4, 0.5) is 0 Å². The summed E-state index contributed by atoms with van der Waals surface area (Å²) in [4.78, 5) is 7.30. The van der Waals surface area contributed by atoms with Crippen molar-refractivity contribution in [2.75, 3.05) is 26.2 Å². The highest BCUT2D eigenvalue weighted by molar-refractivity contribution is 9.10. The largest absolute Gasteiger partial charge is 0.314 e. The number of pyridine rings is 1. The zero-order valence-electron chi connectivity index (χ0n) is 12.2. The lowest BCUT2D eigenvalue weighted by Crippen LogP contribution is -2.45. The van der Waals surface area contributed by atoms with Crippen LogP contribution >= 0.6 is 15.9 Å². The molecule has 1 N–H and O–H groups in total. The van der Waals surface area contributed by atoms with Crippen LogP contribution in [0.2, 0.25) is 0 Å². The summed E-state index contributed by atoms with van der Waals surface area (Å²) >= 11 is 3.71. The Morgan fingerprint density at radius 1 is 1.10 bits per heavy atom. The first-order chi connectivity index (χ1) is 10.3. The van der Waals surface area contributed by atoms with Crippen LogP contribution in [0.25, 0.3) is 0 Å². The van der Waals surface area contributed by atoms with Crippen LogP contribution in [0, 0.1) is 6.92 Å². The van der Waals surface area contributed by atoms with Gasteiger partial charge in [-0.05, 0) is 30.7 Å². The number of aryl methyl sites for hydroxylation is 1. The Balaban J connectivity index is 2.04. The molecule has 1 aromatic carbocycles. The number of hydrogen-bond donors (Lipinski definition) is 1. The third-order valence-corrected chi connectivity index (χ3v) is 4.63. The van der Waals surface area contributed by atoms with Gasteiger partial charge in [0.25, 0.3) is 0 Å². The maximum atomic E-state index is 4.78. The number of benzene rings is 1. The van der Waals surface area contributed by atoms with Gasteiger partial charge in [-0.2, -0.15) is 0 Å². The molecule has 1 aliphatic heterocycles. The molecule has 0 radical (unpaired) electrons. The molecular formula is C17H20BrN3. The Morgan fingerprint density at radius 2 is 1.86 bits per heavy atom. The van der Waals surface area contributed by atoms with Crippen LogP contribution in [0.15, 0.2) is 46.9 Å². The standard InChI is InChI=1S/C17H20BrN3/c1-13-5-4-8-16(20-13)17(21-11-9-19-10-12-21)14-6-2-3-7-15(14)18/h2-8,17,19H,9-12H2,1H3. The molecule has 0 spiro atoms. The minimum Gasteiger partial charge on any atom is -0.314 e. The quantitative estimate of drug-likeness (QED) is 0.926. The highest BCUT2D eigenvalue weighted by atomic mass is 79.9. The summed E-state index contributed by atoms with van der Waals surface area (Å²) in [6.07, 6.45) is 0. The molecular weight excluding hydrogens is 326 g/mol. The number of rotatable bonds is 3. The minimum atomic E-state index is 0.211.